The molecule has 0 aliphatic heterocycles. The summed E-state index contributed by atoms with van der Waals surface area (Å²) in [6, 6.07) is 3.20. The molecule has 1 heterocycles. The topological polar surface area (TPSA) is 80.3 Å². The average Bonchev–Trinajstić information content (AvgIpc) is 2.42. The standard InChI is InChI=1S/C12H21N3O3S/c1-3-7-13-12-6-5-11(10-14-12)19(16,17)15-8-9-18-4-2/h5-6,10,15H,3-4,7-9H2,1-2H3,(H,13,14). The van der Waals surface area contributed by atoms with Crippen molar-refractivity contribution in [1.29, 1.82) is 0 Å². The van der Waals surface area contributed by atoms with Gasteiger partial charge in [0.2, 0.25) is 10.0 Å². The summed E-state index contributed by atoms with van der Waals surface area (Å²) in [5.74, 6) is 0.676. The predicted molar refractivity (Wildman–Crippen MR) is 74.7 cm³/mol. The summed E-state index contributed by atoms with van der Waals surface area (Å²) < 4.78 is 31.3. The first kappa shape index (κ1) is 15.9. The Hall–Kier alpha value is -1.18. The Morgan fingerprint density at radius 3 is 2.63 bits per heavy atom. The first-order chi connectivity index (χ1) is 9.10. The van der Waals surface area contributed by atoms with Gasteiger partial charge in [-0.05, 0) is 25.5 Å². The van der Waals surface area contributed by atoms with Crippen LogP contribution in [-0.4, -0.2) is 39.7 Å². The van der Waals surface area contributed by atoms with E-state index in [1.54, 1.807) is 6.07 Å². The molecule has 1 rings (SSSR count). The van der Waals surface area contributed by atoms with E-state index in [1.165, 1.54) is 12.3 Å². The van der Waals surface area contributed by atoms with E-state index in [9.17, 15) is 8.42 Å². The van der Waals surface area contributed by atoms with Gasteiger partial charge in [-0.25, -0.2) is 18.1 Å². The maximum absolute atomic E-state index is 11.9. The van der Waals surface area contributed by atoms with Crippen LogP contribution in [0.3, 0.4) is 0 Å². The molecule has 0 atom stereocenters. The highest BCUT2D eigenvalue weighted by Crippen LogP contribution is 2.10. The molecule has 0 fully saturated rings. The Balaban J connectivity index is 2.58. The van der Waals surface area contributed by atoms with Crippen LogP contribution in [0.2, 0.25) is 0 Å². The van der Waals surface area contributed by atoms with Crippen LogP contribution in [0.4, 0.5) is 5.82 Å². The zero-order valence-electron chi connectivity index (χ0n) is 11.3. The lowest BCUT2D eigenvalue weighted by atomic mass is 10.4. The molecule has 108 valence electrons. The van der Waals surface area contributed by atoms with Crippen LogP contribution in [0, 0.1) is 0 Å². The van der Waals surface area contributed by atoms with E-state index in [0.717, 1.165) is 13.0 Å². The first-order valence-corrected chi connectivity index (χ1v) is 7.85. The smallest absolute Gasteiger partial charge is 0.242 e. The molecule has 0 saturated carbocycles. The minimum absolute atomic E-state index is 0.158. The lowest BCUT2D eigenvalue weighted by Crippen LogP contribution is -2.27. The van der Waals surface area contributed by atoms with E-state index in [4.69, 9.17) is 4.74 Å². The van der Waals surface area contributed by atoms with Crippen LogP contribution in [0.15, 0.2) is 23.2 Å². The number of ether oxygens (including phenoxy) is 1. The Morgan fingerprint density at radius 1 is 1.26 bits per heavy atom. The minimum atomic E-state index is -3.50. The Morgan fingerprint density at radius 2 is 2.05 bits per heavy atom. The molecule has 0 amide bonds. The molecule has 0 aliphatic rings. The van der Waals surface area contributed by atoms with Gasteiger partial charge in [0.05, 0.1) is 6.61 Å². The number of hydrogen-bond donors (Lipinski definition) is 2. The molecule has 2 N–H and O–H groups in total. The Labute approximate surface area is 114 Å². The molecule has 0 radical (unpaired) electrons. The van der Waals surface area contributed by atoms with Crippen molar-refractivity contribution >= 4 is 15.8 Å². The highest BCUT2D eigenvalue weighted by molar-refractivity contribution is 7.89. The molecule has 7 heteroatoms. The van der Waals surface area contributed by atoms with Crippen molar-refractivity contribution in [2.45, 2.75) is 25.2 Å². The van der Waals surface area contributed by atoms with Crippen molar-refractivity contribution in [2.24, 2.45) is 0 Å². The third kappa shape index (κ3) is 5.54. The molecule has 1 aromatic heterocycles. The molecule has 0 bridgehead atoms. The number of nitrogens with zero attached hydrogens (tertiary/aromatic N) is 1. The largest absolute Gasteiger partial charge is 0.380 e. The summed E-state index contributed by atoms with van der Waals surface area (Å²) in [4.78, 5) is 4.22. The van der Waals surface area contributed by atoms with Crippen LogP contribution < -0.4 is 10.0 Å². The number of pyridine rings is 1. The fraction of sp³-hybridized carbons (Fsp3) is 0.583. The molecule has 19 heavy (non-hydrogen) atoms. The lowest BCUT2D eigenvalue weighted by Gasteiger charge is -2.08. The van der Waals surface area contributed by atoms with E-state index in [2.05, 4.69) is 15.0 Å². The summed E-state index contributed by atoms with van der Waals surface area (Å²) in [7, 11) is -3.50. The average molecular weight is 287 g/mol. The van der Waals surface area contributed by atoms with E-state index in [0.29, 0.717) is 19.0 Å². The quantitative estimate of drug-likeness (QED) is 0.667. The summed E-state index contributed by atoms with van der Waals surface area (Å²) in [5, 5.41) is 3.09. The molecule has 0 aliphatic carbocycles. The fourth-order valence-electron chi connectivity index (χ4n) is 1.37. The van der Waals surface area contributed by atoms with Gasteiger partial charge in [-0.1, -0.05) is 6.92 Å². The van der Waals surface area contributed by atoms with Crippen molar-refractivity contribution in [1.82, 2.24) is 9.71 Å². The van der Waals surface area contributed by atoms with E-state index < -0.39 is 10.0 Å². The zero-order chi connectivity index (χ0) is 14.1. The van der Waals surface area contributed by atoms with E-state index in [1.807, 2.05) is 13.8 Å². The maximum atomic E-state index is 11.9. The Bertz CT molecular complexity index is 460. The second-order valence-corrected chi connectivity index (χ2v) is 5.67. The van der Waals surface area contributed by atoms with Crippen LogP contribution in [0.25, 0.3) is 0 Å². The fourth-order valence-corrected chi connectivity index (χ4v) is 2.33. The second-order valence-electron chi connectivity index (χ2n) is 3.90. The molecule has 1 aromatic rings. The van der Waals surface area contributed by atoms with E-state index in [-0.39, 0.29) is 11.4 Å². The molecule has 0 aromatic carbocycles. The SMILES string of the molecule is CCCNc1ccc(S(=O)(=O)NCCOCC)cn1. The van der Waals surface area contributed by atoms with Crippen LogP contribution in [0.1, 0.15) is 20.3 Å². The van der Waals surface area contributed by atoms with Crippen LogP contribution in [0.5, 0.6) is 0 Å². The first-order valence-electron chi connectivity index (χ1n) is 6.37. The minimum Gasteiger partial charge on any atom is -0.380 e. The van der Waals surface area contributed by atoms with Crippen molar-refractivity contribution in [3.63, 3.8) is 0 Å². The van der Waals surface area contributed by atoms with Gasteiger partial charge in [-0.3, -0.25) is 0 Å². The number of rotatable bonds is 9. The predicted octanol–water partition coefficient (Wildman–Crippen LogP) is 1.22. The van der Waals surface area contributed by atoms with Gasteiger partial charge in [0, 0.05) is 25.9 Å². The maximum Gasteiger partial charge on any atom is 0.242 e. The van der Waals surface area contributed by atoms with Crippen molar-refractivity contribution < 1.29 is 13.2 Å². The van der Waals surface area contributed by atoms with Gasteiger partial charge < -0.3 is 10.1 Å². The van der Waals surface area contributed by atoms with Gasteiger partial charge in [0.1, 0.15) is 10.7 Å². The molecular weight excluding hydrogens is 266 g/mol. The number of aromatic nitrogens is 1. The molecule has 0 spiro atoms. The number of sulfonamides is 1. The third-order valence-electron chi connectivity index (χ3n) is 2.35. The normalized spacial score (nSPS) is 11.5. The van der Waals surface area contributed by atoms with Gasteiger partial charge in [-0.15, -0.1) is 0 Å². The highest BCUT2D eigenvalue weighted by atomic mass is 32.2. The van der Waals surface area contributed by atoms with Gasteiger partial charge in [0.15, 0.2) is 0 Å². The molecule has 6 nitrogen and oxygen atoms in total. The summed E-state index contributed by atoms with van der Waals surface area (Å²) in [6.45, 7) is 5.91. The number of nitrogens with one attached hydrogen (secondary N) is 2. The van der Waals surface area contributed by atoms with Crippen LogP contribution >= 0.6 is 0 Å². The van der Waals surface area contributed by atoms with Gasteiger partial charge in [-0.2, -0.15) is 0 Å². The second kappa shape index (κ2) is 8.08. The summed E-state index contributed by atoms with van der Waals surface area (Å²) in [5.41, 5.74) is 0. The van der Waals surface area contributed by atoms with Gasteiger partial charge >= 0.3 is 0 Å². The summed E-state index contributed by atoms with van der Waals surface area (Å²) >= 11 is 0. The number of hydrogen-bond acceptors (Lipinski definition) is 5. The van der Waals surface area contributed by atoms with E-state index >= 15 is 0 Å². The number of anilines is 1. The lowest BCUT2D eigenvalue weighted by molar-refractivity contribution is 0.153. The molecule has 0 saturated heterocycles. The van der Waals surface area contributed by atoms with Crippen molar-refractivity contribution in [3.05, 3.63) is 18.3 Å². The van der Waals surface area contributed by atoms with Crippen molar-refractivity contribution in [3.8, 4) is 0 Å². The van der Waals surface area contributed by atoms with Crippen molar-refractivity contribution in [2.75, 3.05) is 31.6 Å². The molecular formula is C12H21N3O3S. The molecule has 0 unspecified atom stereocenters. The highest BCUT2D eigenvalue weighted by Gasteiger charge is 2.13. The summed E-state index contributed by atoms with van der Waals surface area (Å²) in [6.07, 6.45) is 2.34. The zero-order valence-corrected chi connectivity index (χ0v) is 12.2. The Kier molecular flexibility index (Phi) is 6.75. The van der Waals surface area contributed by atoms with Crippen LogP contribution in [-0.2, 0) is 14.8 Å². The third-order valence-corrected chi connectivity index (χ3v) is 3.79. The monoisotopic (exact) mass is 287 g/mol. The van der Waals surface area contributed by atoms with Gasteiger partial charge in [0.25, 0.3) is 0 Å².